The summed E-state index contributed by atoms with van der Waals surface area (Å²) in [6.07, 6.45) is 2.48. The average molecular weight is 472 g/mol. The van der Waals surface area contributed by atoms with Gasteiger partial charge in [0, 0.05) is 11.5 Å². The number of hydrogen-bond donors (Lipinski definition) is 1. The predicted molar refractivity (Wildman–Crippen MR) is 117 cm³/mol. The van der Waals surface area contributed by atoms with E-state index in [1.54, 1.807) is 16.8 Å². The lowest BCUT2D eigenvalue weighted by Gasteiger charge is -2.22. The van der Waals surface area contributed by atoms with E-state index in [1.165, 1.54) is 24.4 Å². The lowest BCUT2D eigenvalue weighted by molar-refractivity contribution is 0.301. The predicted octanol–water partition coefficient (Wildman–Crippen LogP) is 4.91. The molecule has 1 atom stereocenters. The molecule has 0 aliphatic heterocycles. The van der Waals surface area contributed by atoms with Crippen molar-refractivity contribution in [2.24, 2.45) is 0 Å². The number of sulfonamides is 1. The minimum atomic E-state index is -4.35. The smallest absolute Gasteiger partial charge is 0.263 e. The maximum absolute atomic E-state index is 14.9. The number of benzene rings is 2. The third kappa shape index (κ3) is 4.06. The molecule has 0 amide bonds. The number of nitrogens with zero attached hydrogens (tertiary/aromatic N) is 3. The first-order valence-corrected chi connectivity index (χ1v) is 11.9. The van der Waals surface area contributed by atoms with Gasteiger partial charge >= 0.3 is 0 Å². The van der Waals surface area contributed by atoms with Crippen molar-refractivity contribution in [1.29, 1.82) is 0 Å². The Hall–Kier alpha value is -3.40. The van der Waals surface area contributed by atoms with Crippen molar-refractivity contribution in [1.82, 2.24) is 14.8 Å². The average Bonchev–Trinajstić information content (AvgIpc) is 3.15. The second-order valence-electron chi connectivity index (χ2n) is 7.94. The van der Waals surface area contributed by atoms with Crippen LogP contribution in [0.15, 0.2) is 59.6 Å². The van der Waals surface area contributed by atoms with E-state index >= 15 is 0 Å². The van der Waals surface area contributed by atoms with Crippen LogP contribution in [0.5, 0.6) is 0 Å². The number of hydrogen-bond acceptors (Lipinski definition) is 4. The summed E-state index contributed by atoms with van der Waals surface area (Å²) in [5.74, 6) is -2.10. The number of alkyl halides is 1. The number of anilines is 1. The molecule has 2 aromatic heterocycles. The van der Waals surface area contributed by atoms with Gasteiger partial charge in [-0.2, -0.15) is 9.49 Å². The molecule has 6 nitrogen and oxygen atoms in total. The molecule has 0 saturated heterocycles. The Kier molecular flexibility index (Phi) is 5.32. The van der Waals surface area contributed by atoms with E-state index in [1.807, 2.05) is 6.07 Å². The van der Waals surface area contributed by atoms with Gasteiger partial charge in [0.2, 0.25) is 5.95 Å². The van der Waals surface area contributed by atoms with Gasteiger partial charge in [-0.3, -0.25) is 9.40 Å². The molecule has 2 heterocycles. The van der Waals surface area contributed by atoms with E-state index in [-0.39, 0.29) is 5.82 Å². The minimum Gasteiger partial charge on any atom is -0.263 e. The molecule has 170 valence electrons. The Morgan fingerprint density at radius 2 is 1.94 bits per heavy atom. The molecule has 1 aliphatic rings. The maximum atomic E-state index is 14.9. The van der Waals surface area contributed by atoms with E-state index in [4.69, 9.17) is 0 Å². The first kappa shape index (κ1) is 21.4. The number of halogens is 3. The van der Waals surface area contributed by atoms with Gasteiger partial charge in [-0.15, -0.1) is 0 Å². The van der Waals surface area contributed by atoms with Crippen LogP contribution in [0.1, 0.15) is 35.7 Å². The minimum absolute atomic E-state index is 0.259. The van der Waals surface area contributed by atoms with Crippen LogP contribution in [0, 0.1) is 11.8 Å². The zero-order valence-electron chi connectivity index (χ0n) is 17.3. The van der Waals surface area contributed by atoms with Gasteiger partial charge in [-0.05, 0) is 54.2 Å². The molecule has 0 saturated carbocycles. The Morgan fingerprint density at radius 3 is 2.76 bits per heavy atom. The van der Waals surface area contributed by atoms with E-state index in [2.05, 4.69) is 14.8 Å². The normalized spacial score (nSPS) is 16.0. The molecular formula is C23H19F3N4O2S. The summed E-state index contributed by atoms with van der Waals surface area (Å²) in [4.78, 5) is 2.85. The second kappa shape index (κ2) is 8.18. The molecular weight excluding hydrogens is 453 g/mol. The summed E-state index contributed by atoms with van der Waals surface area (Å²) in [6, 6.07) is 11.4. The van der Waals surface area contributed by atoms with Crippen molar-refractivity contribution in [2.75, 3.05) is 4.72 Å². The van der Waals surface area contributed by atoms with Gasteiger partial charge in [0.05, 0.1) is 18.3 Å². The molecule has 0 bridgehead atoms. The first-order chi connectivity index (χ1) is 15.8. The van der Waals surface area contributed by atoms with Crippen molar-refractivity contribution < 1.29 is 21.6 Å². The van der Waals surface area contributed by atoms with Gasteiger partial charge in [-0.25, -0.2) is 22.2 Å². The van der Waals surface area contributed by atoms with Crippen molar-refractivity contribution in [3.05, 3.63) is 83.2 Å². The summed E-state index contributed by atoms with van der Waals surface area (Å²) < 4.78 is 71.5. The zero-order valence-corrected chi connectivity index (χ0v) is 18.1. The standard InChI is InChI=1S/C23H19F3N4O2S/c24-18-7-2-5-16-14(4-1-6-17(16)18)13-30-20-11-19(25)21(10-15(20)12-27-30)33(31,32)29-23-9-3-8-22(26)28-23/h1,3-4,6,8-12,18H,2,5,7,13H2,(H,28,29). The highest BCUT2D eigenvalue weighted by Gasteiger charge is 2.24. The third-order valence-corrected chi connectivity index (χ3v) is 7.16. The lowest BCUT2D eigenvalue weighted by Crippen LogP contribution is -2.16. The number of aromatic nitrogens is 3. The summed E-state index contributed by atoms with van der Waals surface area (Å²) in [5.41, 5.74) is 2.94. The zero-order chi connectivity index (χ0) is 23.2. The first-order valence-electron chi connectivity index (χ1n) is 10.4. The number of pyridine rings is 1. The van der Waals surface area contributed by atoms with Crippen LogP contribution in [0.4, 0.5) is 19.0 Å². The summed E-state index contributed by atoms with van der Waals surface area (Å²) in [7, 11) is -4.35. The van der Waals surface area contributed by atoms with Crippen molar-refractivity contribution in [2.45, 2.75) is 36.9 Å². The SMILES string of the molecule is O=S(=O)(Nc1cccc(F)n1)c1cc2cnn(Cc3cccc4c3CCCC4F)c2cc1F. The number of rotatable bonds is 5. The van der Waals surface area contributed by atoms with Crippen LogP contribution in [0.2, 0.25) is 0 Å². The summed E-state index contributed by atoms with van der Waals surface area (Å²) in [5, 5.41) is 4.71. The van der Waals surface area contributed by atoms with E-state index in [0.717, 1.165) is 36.1 Å². The lowest BCUT2D eigenvalue weighted by atomic mass is 9.87. The molecule has 1 aliphatic carbocycles. The number of nitrogens with one attached hydrogen (secondary N) is 1. The molecule has 4 aromatic rings. The topological polar surface area (TPSA) is 76.9 Å². The largest absolute Gasteiger partial charge is 0.265 e. The molecule has 0 spiro atoms. The Bertz CT molecular complexity index is 1470. The quantitative estimate of drug-likeness (QED) is 0.419. The highest BCUT2D eigenvalue weighted by Crippen LogP contribution is 2.35. The van der Waals surface area contributed by atoms with Gasteiger partial charge in [-0.1, -0.05) is 24.3 Å². The van der Waals surface area contributed by atoms with Crippen LogP contribution in [-0.2, 0) is 23.0 Å². The maximum Gasteiger partial charge on any atom is 0.265 e. The van der Waals surface area contributed by atoms with Gasteiger partial charge in [0.1, 0.15) is 22.7 Å². The molecule has 1 N–H and O–H groups in total. The van der Waals surface area contributed by atoms with Crippen LogP contribution >= 0.6 is 0 Å². The highest BCUT2D eigenvalue weighted by molar-refractivity contribution is 7.92. The molecule has 33 heavy (non-hydrogen) atoms. The van der Waals surface area contributed by atoms with E-state index in [9.17, 15) is 21.6 Å². The summed E-state index contributed by atoms with van der Waals surface area (Å²) in [6.45, 7) is 0.302. The van der Waals surface area contributed by atoms with E-state index in [0.29, 0.717) is 29.4 Å². The van der Waals surface area contributed by atoms with Crippen LogP contribution in [-0.4, -0.2) is 23.2 Å². The van der Waals surface area contributed by atoms with Crippen LogP contribution in [0.25, 0.3) is 10.9 Å². The fourth-order valence-corrected chi connectivity index (χ4v) is 5.34. The van der Waals surface area contributed by atoms with Crippen LogP contribution < -0.4 is 4.72 Å². The highest BCUT2D eigenvalue weighted by atomic mass is 32.2. The van der Waals surface area contributed by atoms with Crippen molar-refractivity contribution in [3.8, 4) is 0 Å². The second-order valence-corrected chi connectivity index (χ2v) is 9.59. The summed E-state index contributed by atoms with van der Waals surface area (Å²) >= 11 is 0. The molecule has 0 fully saturated rings. The fourth-order valence-electron chi connectivity index (χ4n) is 4.25. The van der Waals surface area contributed by atoms with Crippen LogP contribution in [0.3, 0.4) is 0 Å². The number of fused-ring (bicyclic) bond motifs is 2. The van der Waals surface area contributed by atoms with Gasteiger partial charge in [0.15, 0.2) is 0 Å². The Morgan fingerprint density at radius 1 is 1.12 bits per heavy atom. The monoisotopic (exact) mass is 472 g/mol. The van der Waals surface area contributed by atoms with E-state index < -0.39 is 32.9 Å². The Labute approximate surface area is 188 Å². The Balaban J connectivity index is 1.49. The van der Waals surface area contributed by atoms with Gasteiger partial charge in [0.25, 0.3) is 10.0 Å². The molecule has 2 aromatic carbocycles. The van der Waals surface area contributed by atoms with Gasteiger partial charge < -0.3 is 0 Å². The fraction of sp³-hybridized carbons (Fsp3) is 0.217. The molecule has 1 unspecified atom stereocenters. The third-order valence-electron chi connectivity index (χ3n) is 5.79. The van der Waals surface area contributed by atoms with Crippen molar-refractivity contribution in [3.63, 3.8) is 0 Å². The molecule has 5 rings (SSSR count). The van der Waals surface area contributed by atoms with Crippen molar-refractivity contribution >= 4 is 26.7 Å². The molecule has 10 heteroatoms. The molecule has 0 radical (unpaired) electrons.